The molecule has 3 N–H and O–H groups in total. The molecule has 0 unspecified atom stereocenters. The van der Waals surface area contributed by atoms with Gasteiger partial charge in [0.15, 0.2) is 11.5 Å². The molecular weight excluding hydrogens is 402 g/mol. The lowest BCUT2D eigenvalue weighted by Gasteiger charge is -2.26. The van der Waals surface area contributed by atoms with Gasteiger partial charge in [-0.1, -0.05) is 18.2 Å². The van der Waals surface area contributed by atoms with Gasteiger partial charge in [-0.25, -0.2) is 0 Å². The van der Waals surface area contributed by atoms with Crippen molar-refractivity contribution in [1.29, 1.82) is 0 Å². The van der Waals surface area contributed by atoms with E-state index in [1.807, 2.05) is 80.3 Å². The van der Waals surface area contributed by atoms with Crippen molar-refractivity contribution in [2.24, 2.45) is 0 Å². The van der Waals surface area contributed by atoms with Crippen LogP contribution in [0.5, 0.6) is 28.7 Å². The maximum Gasteiger partial charge on any atom is 0.169 e. The van der Waals surface area contributed by atoms with Crippen molar-refractivity contribution in [2.75, 3.05) is 4.90 Å². The van der Waals surface area contributed by atoms with Crippen LogP contribution in [0.25, 0.3) is 0 Å². The van der Waals surface area contributed by atoms with Crippen molar-refractivity contribution in [3.8, 4) is 28.7 Å². The summed E-state index contributed by atoms with van der Waals surface area (Å²) >= 11 is 0. The number of nitrogens with zero attached hydrogens (tertiary/aromatic N) is 1. The Balaban J connectivity index is 1.72. The normalized spacial score (nSPS) is 10.7. The SMILES string of the molecule is Cc1ccc(Oc2ccc(N(c3ccc(C)c(O)c3)c3ccc(C)c(O)c3)cc2)c(O)c1. The van der Waals surface area contributed by atoms with Crippen LogP contribution in [0.2, 0.25) is 0 Å². The van der Waals surface area contributed by atoms with Gasteiger partial charge in [0.25, 0.3) is 0 Å². The summed E-state index contributed by atoms with van der Waals surface area (Å²) in [7, 11) is 0. The molecular formula is C27H25NO4. The van der Waals surface area contributed by atoms with E-state index >= 15 is 0 Å². The standard InChI is InChI=1S/C27H25NO4/c1-17-4-13-27(26(31)14-17)32-23-11-9-20(10-12-23)28(21-7-5-18(2)24(29)15-21)22-8-6-19(3)25(30)16-22/h4-16,29-31H,1-3H3. The van der Waals surface area contributed by atoms with E-state index in [1.54, 1.807) is 24.3 Å². The lowest BCUT2D eigenvalue weighted by molar-refractivity contribution is 0.411. The smallest absolute Gasteiger partial charge is 0.169 e. The van der Waals surface area contributed by atoms with E-state index in [-0.39, 0.29) is 17.2 Å². The van der Waals surface area contributed by atoms with Gasteiger partial charge in [0.2, 0.25) is 0 Å². The first-order valence-corrected chi connectivity index (χ1v) is 10.3. The van der Waals surface area contributed by atoms with Crippen molar-refractivity contribution >= 4 is 17.1 Å². The number of rotatable bonds is 5. The van der Waals surface area contributed by atoms with E-state index in [9.17, 15) is 15.3 Å². The molecule has 0 bridgehead atoms. The van der Waals surface area contributed by atoms with Crippen LogP contribution >= 0.6 is 0 Å². The highest BCUT2D eigenvalue weighted by Crippen LogP contribution is 2.40. The number of aryl methyl sites for hydroxylation is 3. The van der Waals surface area contributed by atoms with Crippen LogP contribution < -0.4 is 9.64 Å². The van der Waals surface area contributed by atoms with Crippen molar-refractivity contribution in [2.45, 2.75) is 20.8 Å². The first-order valence-electron chi connectivity index (χ1n) is 10.3. The molecule has 0 heterocycles. The van der Waals surface area contributed by atoms with E-state index in [4.69, 9.17) is 4.74 Å². The maximum atomic E-state index is 10.3. The summed E-state index contributed by atoms with van der Waals surface area (Å²) in [5.74, 6) is 1.43. The molecule has 0 aliphatic heterocycles. The number of phenolic OH excluding ortho intramolecular Hbond substituents is 3. The van der Waals surface area contributed by atoms with Gasteiger partial charge in [-0.2, -0.15) is 0 Å². The number of benzene rings is 4. The topological polar surface area (TPSA) is 73.2 Å². The molecule has 0 saturated heterocycles. The lowest BCUT2D eigenvalue weighted by Crippen LogP contribution is -2.10. The average Bonchev–Trinajstić information content (AvgIpc) is 2.76. The third-order valence-corrected chi connectivity index (χ3v) is 5.34. The molecule has 4 aromatic carbocycles. The summed E-state index contributed by atoms with van der Waals surface area (Å²) in [5, 5.41) is 30.7. The minimum Gasteiger partial charge on any atom is -0.508 e. The molecule has 0 spiro atoms. The molecule has 0 fully saturated rings. The highest BCUT2D eigenvalue weighted by atomic mass is 16.5. The third kappa shape index (κ3) is 4.32. The molecule has 0 saturated carbocycles. The lowest BCUT2D eigenvalue weighted by atomic mass is 10.1. The number of hydrogen-bond acceptors (Lipinski definition) is 5. The second-order valence-corrected chi connectivity index (χ2v) is 7.84. The number of aromatic hydroxyl groups is 3. The minimum atomic E-state index is 0.0842. The van der Waals surface area contributed by atoms with Crippen molar-refractivity contribution in [3.05, 3.63) is 95.6 Å². The summed E-state index contributed by atoms with van der Waals surface area (Å²) < 4.78 is 5.83. The van der Waals surface area contributed by atoms with Crippen LogP contribution in [0.3, 0.4) is 0 Å². The second kappa shape index (κ2) is 8.55. The molecule has 32 heavy (non-hydrogen) atoms. The van der Waals surface area contributed by atoms with Gasteiger partial charge >= 0.3 is 0 Å². The largest absolute Gasteiger partial charge is 0.508 e. The van der Waals surface area contributed by atoms with Crippen LogP contribution in [0.4, 0.5) is 17.1 Å². The van der Waals surface area contributed by atoms with E-state index in [0.29, 0.717) is 11.5 Å². The van der Waals surface area contributed by atoms with Gasteiger partial charge in [-0.15, -0.1) is 0 Å². The van der Waals surface area contributed by atoms with Crippen LogP contribution in [-0.4, -0.2) is 15.3 Å². The summed E-state index contributed by atoms with van der Waals surface area (Å²) in [6.07, 6.45) is 0. The first-order chi connectivity index (χ1) is 15.3. The quantitative estimate of drug-likeness (QED) is 0.320. The Hall–Kier alpha value is -4.12. The molecule has 0 radical (unpaired) electrons. The Bertz CT molecular complexity index is 1210. The van der Waals surface area contributed by atoms with Gasteiger partial charge < -0.3 is 25.0 Å². The van der Waals surface area contributed by atoms with Gasteiger partial charge in [0, 0.05) is 29.2 Å². The molecule has 5 nitrogen and oxygen atoms in total. The molecule has 0 amide bonds. The maximum absolute atomic E-state index is 10.3. The van der Waals surface area contributed by atoms with E-state index < -0.39 is 0 Å². The van der Waals surface area contributed by atoms with Crippen LogP contribution in [0.1, 0.15) is 16.7 Å². The molecule has 0 aliphatic carbocycles. The van der Waals surface area contributed by atoms with Crippen molar-refractivity contribution < 1.29 is 20.1 Å². The minimum absolute atomic E-state index is 0.0842. The predicted octanol–water partition coefficient (Wildman–Crippen LogP) is 6.99. The van der Waals surface area contributed by atoms with Gasteiger partial charge in [-0.05, 0) is 86.0 Å². The molecule has 162 valence electrons. The Labute approximate surface area is 187 Å². The zero-order valence-corrected chi connectivity index (χ0v) is 18.2. The molecule has 4 rings (SSSR count). The fourth-order valence-corrected chi connectivity index (χ4v) is 3.42. The van der Waals surface area contributed by atoms with Gasteiger partial charge in [-0.3, -0.25) is 0 Å². The van der Waals surface area contributed by atoms with Crippen LogP contribution in [0.15, 0.2) is 78.9 Å². The Morgan fingerprint density at radius 2 is 1.09 bits per heavy atom. The molecule has 4 aromatic rings. The summed E-state index contributed by atoms with van der Waals surface area (Å²) in [6.45, 7) is 5.58. The molecule has 0 aromatic heterocycles. The molecule has 5 heteroatoms. The number of hydrogen-bond donors (Lipinski definition) is 3. The van der Waals surface area contributed by atoms with E-state index in [2.05, 4.69) is 0 Å². The van der Waals surface area contributed by atoms with Crippen molar-refractivity contribution in [3.63, 3.8) is 0 Å². The number of ether oxygens (including phenoxy) is 1. The fourth-order valence-electron chi connectivity index (χ4n) is 3.42. The third-order valence-electron chi connectivity index (χ3n) is 5.34. The number of phenols is 3. The second-order valence-electron chi connectivity index (χ2n) is 7.84. The number of anilines is 3. The van der Waals surface area contributed by atoms with Gasteiger partial charge in [0.05, 0.1) is 0 Å². The van der Waals surface area contributed by atoms with E-state index in [0.717, 1.165) is 33.8 Å². The Morgan fingerprint density at radius 3 is 1.59 bits per heavy atom. The predicted molar refractivity (Wildman–Crippen MR) is 127 cm³/mol. The Morgan fingerprint density at radius 1 is 0.562 bits per heavy atom. The monoisotopic (exact) mass is 427 g/mol. The highest BCUT2D eigenvalue weighted by Gasteiger charge is 2.15. The highest BCUT2D eigenvalue weighted by molar-refractivity contribution is 5.78. The molecule has 0 atom stereocenters. The zero-order chi connectivity index (χ0) is 22.8. The van der Waals surface area contributed by atoms with E-state index in [1.165, 1.54) is 0 Å². The Kier molecular flexibility index (Phi) is 5.65. The summed E-state index contributed by atoms with van der Waals surface area (Å²) in [6, 6.07) is 23.6. The first kappa shape index (κ1) is 21.1. The summed E-state index contributed by atoms with van der Waals surface area (Å²) in [4.78, 5) is 1.94. The van der Waals surface area contributed by atoms with Crippen LogP contribution in [0, 0.1) is 20.8 Å². The van der Waals surface area contributed by atoms with Crippen molar-refractivity contribution in [1.82, 2.24) is 0 Å². The van der Waals surface area contributed by atoms with Gasteiger partial charge in [0.1, 0.15) is 17.2 Å². The zero-order valence-electron chi connectivity index (χ0n) is 18.2. The summed E-state index contributed by atoms with van der Waals surface area (Å²) in [5.41, 5.74) is 4.83. The molecule has 0 aliphatic rings. The average molecular weight is 428 g/mol. The van der Waals surface area contributed by atoms with Crippen LogP contribution in [-0.2, 0) is 0 Å². The fraction of sp³-hybridized carbons (Fsp3) is 0.111.